The number of esters is 1. The van der Waals surface area contributed by atoms with Gasteiger partial charge in [-0.1, -0.05) is 63.1 Å². The molecule has 3 heteroatoms. The molecule has 0 unspecified atom stereocenters. The molecule has 1 heterocycles. The molecule has 1 aromatic heterocycles. The highest BCUT2D eigenvalue weighted by Crippen LogP contribution is 2.39. The van der Waals surface area contributed by atoms with E-state index in [4.69, 9.17) is 4.74 Å². The molecule has 0 saturated heterocycles. The van der Waals surface area contributed by atoms with E-state index >= 15 is 0 Å². The number of carbonyl (C=O) groups excluding carboxylic acids is 1. The Kier molecular flexibility index (Phi) is 5.89. The van der Waals surface area contributed by atoms with Gasteiger partial charge in [0.1, 0.15) is 5.75 Å². The first-order valence-corrected chi connectivity index (χ1v) is 11.0. The van der Waals surface area contributed by atoms with Gasteiger partial charge in [-0.05, 0) is 49.1 Å². The van der Waals surface area contributed by atoms with Gasteiger partial charge in [0, 0.05) is 28.9 Å². The van der Waals surface area contributed by atoms with Crippen LogP contribution in [0.25, 0.3) is 21.8 Å². The molecule has 3 aromatic carbocycles. The highest BCUT2D eigenvalue weighted by Gasteiger charge is 2.21. The Bertz CT molecular complexity index is 1190. The summed E-state index contributed by atoms with van der Waals surface area (Å²) in [4.78, 5) is 12.9. The van der Waals surface area contributed by atoms with Gasteiger partial charge >= 0.3 is 5.97 Å². The van der Waals surface area contributed by atoms with Gasteiger partial charge in [-0.2, -0.15) is 0 Å². The molecule has 0 N–H and O–H groups in total. The Morgan fingerprint density at radius 2 is 1.50 bits per heavy atom. The maximum Gasteiger partial charge on any atom is 0.343 e. The normalized spacial score (nSPS) is 11.3. The Balaban J connectivity index is 1.98. The van der Waals surface area contributed by atoms with E-state index in [1.807, 2.05) is 18.2 Å². The van der Waals surface area contributed by atoms with Gasteiger partial charge in [0.15, 0.2) is 0 Å². The van der Waals surface area contributed by atoms with Crippen molar-refractivity contribution in [2.75, 3.05) is 0 Å². The minimum Gasteiger partial charge on any atom is -0.423 e. The fourth-order valence-corrected chi connectivity index (χ4v) is 4.52. The van der Waals surface area contributed by atoms with Gasteiger partial charge in [-0.15, -0.1) is 0 Å². The third kappa shape index (κ3) is 3.49. The van der Waals surface area contributed by atoms with Crippen LogP contribution in [0.5, 0.6) is 5.75 Å². The van der Waals surface area contributed by atoms with Crippen LogP contribution in [0.1, 0.15) is 55.1 Å². The molecule has 0 aliphatic heterocycles. The summed E-state index contributed by atoms with van der Waals surface area (Å²) >= 11 is 0. The Labute approximate surface area is 178 Å². The number of hydrogen-bond donors (Lipinski definition) is 0. The van der Waals surface area contributed by atoms with E-state index in [1.165, 1.54) is 27.4 Å². The van der Waals surface area contributed by atoms with E-state index in [1.54, 1.807) is 12.1 Å². The van der Waals surface area contributed by atoms with Crippen LogP contribution < -0.4 is 4.74 Å². The van der Waals surface area contributed by atoms with Crippen LogP contribution in [0.2, 0.25) is 0 Å². The van der Waals surface area contributed by atoms with Crippen LogP contribution >= 0.6 is 0 Å². The Morgan fingerprint density at radius 3 is 2.20 bits per heavy atom. The predicted octanol–water partition coefficient (Wildman–Crippen LogP) is 6.94. The summed E-state index contributed by atoms with van der Waals surface area (Å²) in [6, 6.07) is 19.9. The van der Waals surface area contributed by atoms with Crippen molar-refractivity contribution in [3.05, 3.63) is 77.4 Å². The van der Waals surface area contributed by atoms with Crippen LogP contribution in [0.15, 0.2) is 60.7 Å². The van der Waals surface area contributed by atoms with E-state index in [0.29, 0.717) is 11.3 Å². The number of aromatic nitrogens is 1. The maximum atomic E-state index is 12.9. The van der Waals surface area contributed by atoms with Crippen LogP contribution in [-0.2, 0) is 19.4 Å². The van der Waals surface area contributed by atoms with Crippen molar-refractivity contribution in [1.82, 2.24) is 4.57 Å². The van der Waals surface area contributed by atoms with Gasteiger partial charge in [0.25, 0.3) is 0 Å². The lowest BCUT2D eigenvalue weighted by Crippen LogP contribution is -2.11. The number of aryl methyl sites for hydroxylation is 2. The molecule has 4 aromatic rings. The van der Waals surface area contributed by atoms with E-state index in [9.17, 15) is 4.79 Å². The summed E-state index contributed by atoms with van der Waals surface area (Å²) in [5, 5.41) is 2.60. The number of ether oxygens (including phenoxy) is 1. The van der Waals surface area contributed by atoms with Gasteiger partial charge in [0.05, 0.1) is 11.1 Å². The van der Waals surface area contributed by atoms with Crippen molar-refractivity contribution < 1.29 is 9.53 Å². The zero-order valence-corrected chi connectivity index (χ0v) is 18.1. The molecule has 154 valence electrons. The average Bonchev–Trinajstić information content (AvgIpc) is 3.09. The van der Waals surface area contributed by atoms with Crippen molar-refractivity contribution >= 4 is 27.8 Å². The van der Waals surface area contributed by atoms with Crippen molar-refractivity contribution in [1.29, 1.82) is 0 Å². The highest BCUT2D eigenvalue weighted by molar-refractivity contribution is 6.11. The molecular formula is C27H29NO2. The van der Waals surface area contributed by atoms with Gasteiger partial charge in [-0.3, -0.25) is 0 Å². The molecule has 30 heavy (non-hydrogen) atoms. The topological polar surface area (TPSA) is 31.2 Å². The number of rotatable bonds is 7. The lowest BCUT2D eigenvalue weighted by molar-refractivity contribution is 0.0733. The molecule has 3 nitrogen and oxygen atoms in total. The minimum absolute atomic E-state index is 0.297. The van der Waals surface area contributed by atoms with Crippen LogP contribution in [0, 0.1) is 0 Å². The first kappa shape index (κ1) is 20.2. The first-order chi connectivity index (χ1) is 14.7. The summed E-state index contributed by atoms with van der Waals surface area (Å²) in [6.07, 6.45) is 3.92. The lowest BCUT2D eigenvalue weighted by Gasteiger charge is -2.17. The summed E-state index contributed by atoms with van der Waals surface area (Å²) in [7, 11) is 0. The molecular weight excluding hydrogens is 370 g/mol. The zero-order valence-electron chi connectivity index (χ0n) is 18.1. The number of benzene rings is 3. The fourth-order valence-electron chi connectivity index (χ4n) is 4.52. The van der Waals surface area contributed by atoms with E-state index in [-0.39, 0.29) is 5.97 Å². The van der Waals surface area contributed by atoms with Crippen LogP contribution in [-0.4, -0.2) is 10.5 Å². The molecule has 0 radical (unpaired) electrons. The highest BCUT2D eigenvalue weighted by atomic mass is 16.5. The second kappa shape index (κ2) is 8.74. The smallest absolute Gasteiger partial charge is 0.343 e. The number of fused-ring (bicyclic) bond motifs is 3. The maximum absolute atomic E-state index is 12.9. The molecule has 0 amide bonds. The third-order valence-electron chi connectivity index (χ3n) is 5.77. The predicted molar refractivity (Wildman–Crippen MR) is 125 cm³/mol. The van der Waals surface area contributed by atoms with E-state index in [2.05, 4.69) is 55.7 Å². The molecule has 0 bridgehead atoms. The summed E-state index contributed by atoms with van der Waals surface area (Å²) in [5.41, 5.74) is 5.47. The van der Waals surface area contributed by atoms with E-state index < -0.39 is 0 Å². The first-order valence-electron chi connectivity index (χ1n) is 11.0. The second-order valence-electron chi connectivity index (χ2n) is 7.74. The SMILES string of the molecule is CCCc1c(OC(=O)c2ccccc2)cc2c(c1CCC)c1ccccc1n2CC. The van der Waals surface area contributed by atoms with Crippen molar-refractivity contribution in [3.8, 4) is 5.75 Å². The van der Waals surface area contributed by atoms with E-state index in [0.717, 1.165) is 37.7 Å². The largest absolute Gasteiger partial charge is 0.423 e. The fraction of sp³-hybridized carbons (Fsp3) is 0.296. The van der Waals surface area contributed by atoms with Crippen molar-refractivity contribution in [2.45, 2.75) is 53.0 Å². The molecule has 0 aliphatic rings. The molecule has 4 rings (SSSR count). The van der Waals surface area contributed by atoms with Crippen molar-refractivity contribution in [2.24, 2.45) is 0 Å². The van der Waals surface area contributed by atoms with Crippen LogP contribution in [0.3, 0.4) is 0 Å². The van der Waals surface area contributed by atoms with Gasteiger partial charge in [-0.25, -0.2) is 4.79 Å². The number of hydrogen-bond acceptors (Lipinski definition) is 2. The molecule has 0 fully saturated rings. The lowest BCUT2D eigenvalue weighted by atomic mass is 9.93. The monoisotopic (exact) mass is 399 g/mol. The molecule has 0 spiro atoms. The van der Waals surface area contributed by atoms with Crippen molar-refractivity contribution in [3.63, 3.8) is 0 Å². The molecule has 0 saturated carbocycles. The Hall–Kier alpha value is -3.07. The average molecular weight is 400 g/mol. The number of carbonyl (C=O) groups is 1. The Morgan fingerprint density at radius 1 is 0.833 bits per heavy atom. The third-order valence-corrected chi connectivity index (χ3v) is 5.77. The quantitative estimate of drug-likeness (QED) is 0.249. The molecule has 0 aliphatic carbocycles. The summed E-state index contributed by atoms with van der Waals surface area (Å²) < 4.78 is 8.36. The zero-order chi connectivity index (χ0) is 21.1. The van der Waals surface area contributed by atoms with Crippen LogP contribution in [0.4, 0.5) is 0 Å². The number of para-hydroxylation sites is 1. The second-order valence-corrected chi connectivity index (χ2v) is 7.74. The standard InChI is InChI=1S/C27H29NO2/c1-4-12-20-21(13-5-2)26-22-16-10-11-17-23(22)28(6-3)24(26)18-25(20)30-27(29)19-14-8-7-9-15-19/h7-11,14-18H,4-6,12-13H2,1-3H3. The summed E-state index contributed by atoms with van der Waals surface area (Å²) in [5.74, 6) is 0.410. The van der Waals surface area contributed by atoms with Gasteiger partial charge < -0.3 is 9.30 Å². The molecule has 0 atom stereocenters. The van der Waals surface area contributed by atoms with Gasteiger partial charge in [0.2, 0.25) is 0 Å². The minimum atomic E-state index is -0.297. The summed E-state index contributed by atoms with van der Waals surface area (Å²) in [6.45, 7) is 7.43. The number of nitrogens with zero attached hydrogens (tertiary/aromatic N) is 1.